The SMILES string of the molecule is O=C1c2ccncc2C2(c3ccc(Cl)cc3)N1CCN2C(=O)c1ccnn1-c1ccccc1. The van der Waals surface area contributed by atoms with Crippen LogP contribution in [0.3, 0.4) is 0 Å². The molecular formula is C25H18ClN5O2. The molecule has 162 valence electrons. The van der Waals surface area contributed by atoms with E-state index in [1.165, 1.54) is 0 Å². The molecule has 6 rings (SSSR count). The van der Waals surface area contributed by atoms with Crippen molar-refractivity contribution in [1.29, 1.82) is 0 Å². The van der Waals surface area contributed by atoms with Crippen LogP contribution in [0.5, 0.6) is 0 Å². The first-order valence-corrected chi connectivity index (χ1v) is 10.9. The molecule has 1 fully saturated rings. The van der Waals surface area contributed by atoms with Gasteiger partial charge in [0, 0.05) is 41.6 Å². The topological polar surface area (TPSA) is 71.3 Å². The van der Waals surface area contributed by atoms with Gasteiger partial charge in [-0.2, -0.15) is 5.10 Å². The number of aromatic nitrogens is 3. The first-order chi connectivity index (χ1) is 16.1. The third-order valence-corrected chi connectivity index (χ3v) is 6.61. The summed E-state index contributed by atoms with van der Waals surface area (Å²) in [6.07, 6.45) is 4.89. The predicted molar refractivity (Wildman–Crippen MR) is 122 cm³/mol. The lowest BCUT2D eigenvalue weighted by atomic mass is 9.91. The van der Waals surface area contributed by atoms with E-state index in [0.717, 1.165) is 11.3 Å². The zero-order valence-corrected chi connectivity index (χ0v) is 18.2. The Labute approximate surface area is 194 Å². The molecule has 2 aliphatic rings. The molecule has 0 radical (unpaired) electrons. The molecule has 7 nitrogen and oxygen atoms in total. The van der Waals surface area contributed by atoms with E-state index >= 15 is 0 Å². The highest BCUT2D eigenvalue weighted by molar-refractivity contribution is 6.30. The first kappa shape index (κ1) is 19.7. The van der Waals surface area contributed by atoms with Crippen LogP contribution in [-0.2, 0) is 5.66 Å². The van der Waals surface area contributed by atoms with Gasteiger partial charge in [-0.3, -0.25) is 14.6 Å². The van der Waals surface area contributed by atoms with Crippen molar-refractivity contribution in [3.63, 3.8) is 0 Å². The summed E-state index contributed by atoms with van der Waals surface area (Å²) in [6.45, 7) is 0.781. The summed E-state index contributed by atoms with van der Waals surface area (Å²) in [4.78, 5) is 35.3. The zero-order valence-electron chi connectivity index (χ0n) is 17.4. The molecule has 0 spiro atoms. The molecule has 2 aromatic heterocycles. The standard InChI is InChI=1S/C25H18ClN5O2/c26-18-8-6-17(7-9-18)25-21-16-27-12-10-20(21)23(32)29(25)14-15-30(25)24(33)22-11-13-28-31(22)19-4-2-1-3-5-19/h1-13,16H,14-15H2. The van der Waals surface area contributed by atoms with Crippen LogP contribution in [0.1, 0.15) is 32.0 Å². The van der Waals surface area contributed by atoms with Crippen molar-refractivity contribution in [2.75, 3.05) is 13.1 Å². The maximum atomic E-state index is 14.1. The first-order valence-electron chi connectivity index (χ1n) is 10.6. The maximum Gasteiger partial charge on any atom is 0.275 e. The summed E-state index contributed by atoms with van der Waals surface area (Å²) >= 11 is 6.17. The van der Waals surface area contributed by atoms with Crippen LogP contribution in [-0.4, -0.2) is 49.5 Å². The van der Waals surface area contributed by atoms with Gasteiger partial charge in [-0.15, -0.1) is 0 Å². The molecule has 0 N–H and O–H groups in total. The van der Waals surface area contributed by atoms with E-state index in [0.29, 0.717) is 34.9 Å². The van der Waals surface area contributed by atoms with Crippen molar-refractivity contribution in [3.8, 4) is 5.69 Å². The lowest BCUT2D eigenvalue weighted by Crippen LogP contribution is -2.52. The number of pyridine rings is 1. The predicted octanol–water partition coefficient (Wildman–Crippen LogP) is 3.73. The molecule has 33 heavy (non-hydrogen) atoms. The van der Waals surface area contributed by atoms with E-state index in [1.807, 2.05) is 42.5 Å². The Hall–Kier alpha value is -3.97. The van der Waals surface area contributed by atoms with Gasteiger partial charge in [0.1, 0.15) is 5.69 Å². The van der Waals surface area contributed by atoms with Gasteiger partial charge in [0.2, 0.25) is 0 Å². The van der Waals surface area contributed by atoms with E-state index in [2.05, 4.69) is 10.1 Å². The monoisotopic (exact) mass is 455 g/mol. The Bertz CT molecular complexity index is 1390. The van der Waals surface area contributed by atoms with Crippen molar-refractivity contribution in [2.24, 2.45) is 0 Å². The summed E-state index contributed by atoms with van der Waals surface area (Å²) in [5.74, 6) is -0.340. The molecule has 8 heteroatoms. The second-order valence-corrected chi connectivity index (χ2v) is 8.41. The van der Waals surface area contributed by atoms with Crippen LogP contribution in [0.2, 0.25) is 5.02 Å². The molecule has 2 amide bonds. The number of para-hydroxylation sites is 1. The third-order valence-electron chi connectivity index (χ3n) is 6.36. The number of carbonyl (C=O) groups is 2. The Balaban J connectivity index is 1.55. The largest absolute Gasteiger partial charge is 0.306 e. The van der Waals surface area contributed by atoms with E-state index in [9.17, 15) is 9.59 Å². The lowest BCUT2D eigenvalue weighted by molar-refractivity contribution is 0.0369. The number of nitrogens with zero attached hydrogens (tertiary/aromatic N) is 5. The molecule has 1 atom stereocenters. The van der Waals surface area contributed by atoms with Gasteiger partial charge in [0.15, 0.2) is 5.66 Å². The molecule has 1 saturated heterocycles. The molecule has 1 unspecified atom stereocenters. The van der Waals surface area contributed by atoms with Crippen LogP contribution >= 0.6 is 11.6 Å². The molecule has 2 aromatic carbocycles. The van der Waals surface area contributed by atoms with Crippen LogP contribution in [0.4, 0.5) is 0 Å². The van der Waals surface area contributed by atoms with Crippen molar-refractivity contribution < 1.29 is 9.59 Å². The van der Waals surface area contributed by atoms with Gasteiger partial charge in [0.25, 0.3) is 11.8 Å². The number of hydrogen-bond donors (Lipinski definition) is 0. The molecule has 0 bridgehead atoms. The van der Waals surface area contributed by atoms with Crippen LogP contribution in [0, 0.1) is 0 Å². The fraction of sp³-hybridized carbons (Fsp3) is 0.120. The number of halogens is 1. The Morgan fingerprint density at radius 1 is 0.939 bits per heavy atom. The van der Waals surface area contributed by atoms with Crippen molar-refractivity contribution in [1.82, 2.24) is 24.6 Å². The molecule has 4 aromatic rings. The quantitative estimate of drug-likeness (QED) is 0.472. The Morgan fingerprint density at radius 3 is 2.52 bits per heavy atom. The minimum atomic E-state index is -1.10. The molecule has 0 aliphatic carbocycles. The number of amides is 2. The zero-order chi connectivity index (χ0) is 22.6. The average molecular weight is 456 g/mol. The molecule has 0 saturated carbocycles. The number of carbonyl (C=O) groups excluding carboxylic acids is 2. The van der Waals surface area contributed by atoms with Gasteiger partial charge < -0.3 is 9.80 Å². The van der Waals surface area contributed by atoms with Crippen molar-refractivity contribution in [2.45, 2.75) is 5.66 Å². The van der Waals surface area contributed by atoms with E-state index in [1.54, 1.807) is 57.3 Å². The molecular weight excluding hydrogens is 438 g/mol. The highest BCUT2D eigenvalue weighted by Crippen LogP contribution is 2.50. The van der Waals surface area contributed by atoms with Crippen LogP contribution in [0.25, 0.3) is 5.69 Å². The van der Waals surface area contributed by atoms with Crippen molar-refractivity contribution >= 4 is 23.4 Å². The fourth-order valence-corrected chi connectivity index (χ4v) is 5.12. The summed E-state index contributed by atoms with van der Waals surface area (Å²) in [5.41, 5.74) is 2.12. The molecule has 2 aliphatic heterocycles. The minimum absolute atomic E-state index is 0.116. The number of fused-ring (bicyclic) bond motifs is 3. The Morgan fingerprint density at radius 2 is 1.73 bits per heavy atom. The van der Waals surface area contributed by atoms with Gasteiger partial charge in [-0.05, 0) is 36.4 Å². The normalized spacial score (nSPS) is 19.0. The summed E-state index contributed by atoms with van der Waals surface area (Å²) in [5, 5.41) is 4.97. The van der Waals surface area contributed by atoms with E-state index < -0.39 is 5.66 Å². The van der Waals surface area contributed by atoms with Gasteiger partial charge in [-0.25, -0.2) is 4.68 Å². The van der Waals surface area contributed by atoms with E-state index in [-0.39, 0.29) is 11.8 Å². The lowest BCUT2D eigenvalue weighted by Gasteiger charge is -2.40. The van der Waals surface area contributed by atoms with Crippen LogP contribution < -0.4 is 0 Å². The van der Waals surface area contributed by atoms with Gasteiger partial charge >= 0.3 is 0 Å². The number of hydrogen-bond acceptors (Lipinski definition) is 4. The highest BCUT2D eigenvalue weighted by Gasteiger charge is 2.60. The second-order valence-electron chi connectivity index (χ2n) is 7.98. The summed E-state index contributed by atoms with van der Waals surface area (Å²) in [6, 6.07) is 20.2. The summed E-state index contributed by atoms with van der Waals surface area (Å²) < 4.78 is 1.63. The average Bonchev–Trinajstić information content (AvgIpc) is 3.55. The number of benzene rings is 2. The maximum absolute atomic E-state index is 14.1. The summed E-state index contributed by atoms with van der Waals surface area (Å²) in [7, 11) is 0. The van der Waals surface area contributed by atoms with Gasteiger partial charge in [0.05, 0.1) is 17.4 Å². The second kappa shape index (κ2) is 7.28. The van der Waals surface area contributed by atoms with E-state index in [4.69, 9.17) is 11.6 Å². The smallest absolute Gasteiger partial charge is 0.275 e. The van der Waals surface area contributed by atoms with Gasteiger partial charge in [-0.1, -0.05) is 41.9 Å². The van der Waals surface area contributed by atoms with Crippen LogP contribution in [0.15, 0.2) is 85.3 Å². The highest BCUT2D eigenvalue weighted by atomic mass is 35.5. The minimum Gasteiger partial charge on any atom is -0.306 e. The third kappa shape index (κ3) is 2.69. The molecule has 4 heterocycles. The fourth-order valence-electron chi connectivity index (χ4n) is 4.99. The Kier molecular flexibility index (Phi) is 4.35. The van der Waals surface area contributed by atoms with Crippen molar-refractivity contribution in [3.05, 3.63) is 113 Å². The number of rotatable bonds is 3.